The van der Waals surface area contributed by atoms with Gasteiger partial charge < -0.3 is 4.57 Å². The maximum atomic E-state index is 2.38. The summed E-state index contributed by atoms with van der Waals surface area (Å²) in [6.07, 6.45) is 6.46. The lowest BCUT2D eigenvalue weighted by atomic mass is 9.92. The number of hydrogen-bond donors (Lipinski definition) is 0. The summed E-state index contributed by atoms with van der Waals surface area (Å²) in [5, 5.41) is 0. The number of hydrogen-bond acceptors (Lipinski definition) is 0. The lowest BCUT2D eigenvalue weighted by molar-refractivity contribution is -0.685. The molecule has 0 aliphatic heterocycles. The van der Waals surface area contributed by atoms with E-state index in [0.717, 1.165) is 0 Å². The van der Waals surface area contributed by atoms with E-state index in [4.69, 9.17) is 0 Å². The molecule has 0 aliphatic carbocycles. The molecule has 160 valence electrons. The average Bonchev–Trinajstić information content (AvgIpc) is 3.33. The summed E-state index contributed by atoms with van der Waals surface area (Å²) in [6.45, 7) is 9.12. The van der Waals surface area contributed by atoms with Crippen molar-refractivity contribution in [2.24, 2.45) is 21.1 Å². The van der Waals surface area contributed by atoms with Crippen molar-refractivity contribution in [3.05, 3.63) is 78.2 Å². The van der Waals surface area contributed by atoms with Crippen LogP contribution >= 0.6 is 0 Å². The second-order valence-electron chi connectivity index (χ2n) is 9.06. The van der Waals surface area contributed by atoms with Crippen LogP contribution in [0.5, 0.6) is 0 Å². The minimum absolute atomic E-state index is 0.442. The molecule has 0 saturated heterocycles. The second kappa shape index (κ2) is 8.18. The molecule has 0 radical (unpaired) electrons. The van der Waals surface area contributed by atoms with E-state index in [1.165, 1.54) is 39.7 Å². The predicted molar refractivity (Wildman–Crippen MR) is 126 cm³/mol. The highest BCUT2D eigenvalue weighted by atomic mass is 15.2. The molecule has 31 heavy (non-hydrogen) atoms. The van der Waals surface area contributed by atoms with E-state index in [2.05, 4.69) is 134 Å². The zero-order valence-corrected chi connectivity index (χ0v) is 19.8. The van der Waals surface area contributed by atoms with E-state index in [9.17, 15) is 0 Å². The lowest BCUT2D eigenvalue weighted by Crippen LogP contribution is -2.40. The van der Waals surface area contributed by atoms with Crippen LogP contribution in [0, 0.1) is 0 Å². The zero-order valence-electron chi connectivity index (χ0n) is 19.8. The van der Waals surface area contributed by atoms with E-state index >= 15 is 0 Å². The third-order valence-electron chi connectivity index (χ3n) is 6.25. The quantitative estimate of drug-likeness (QED) is 0.407. The molecule has 4 rings (SSSR count). The molecule has 0 amide bonds. The molecule has 0 N–H and O–H groups in total. The van der Waals surface area contributed by atoms with E-state index in [1.54, 1.807) is 0 Å². The summed E-state index contributed by atoms with van der Waals surface area (Å²) in [5.74, 6) is 2.06. The molecule has 3 aromatic heterocycles. The Morgan fingerprint density at radius 3 is 1.94 bits per heavy atom. The van der Waals surface area contributed by atoms with Crippen molar-refractivity contribution in [1.82, 2.24) is 9.13 Å². The topological polar surface area (TPSA) is 17.6 Å². The van der Waals surface area contributed by atoms with Gasteiger partial charge in [0, 0.05) is 36.5 Å². The highest BCUT2D eigenvalue weighted by molar-refractivity contribution is 5.59. The lowest BCUT2D eigenvalue weighted by Gasteiger charge is -2.17. The number of nitrogens with zero attached hydrogens (tertiary/aromatic N) is 4. The number of imidazole rings is 1. The normalized spacial score (nSPS) is 11.6. The number of para-hydroxylation sites is 1. The summed E-state index contributed by atoms with van der Waals surface area (Å²) in [6, 6.07) is 17.6. The highest BCUT2D eigenvalue weighted by Crippen LogP contribution is 2.33. The molecular weight excluding hydrogens is 380 g/mol. The predicted octanol–water partition coefficient (Wildman–Crippen LogP) is 5.05. The molecule has 4 aromatic rings. The van der Waals surface area contributed by atoms with E-state index < -0.39 is 0 Å². The van der Waals surface area contributed by atoms with Crippen LogP contribution in [0.15, 0.2) is 67.1 Å². The smallest absolute Gasteiger partial charge is 0.346 e. The fourth-order valence-electron chi connectivity index (χ4n) is 4.54. The summed E-state index contributed by atoms with van der Waals surface area (Å²) < 4.78 is 9.08. The maximum absolute atomic E-state index is 2.38. The number of rotatable bonds is 5. The molecule has 0 atom stereocenters. The minimum atomic E-state index is 0.442. The molecule has 0 unspecified atom stereocenters. The molecular formula is C27H34N4+2. The molecule has 0 saturated carbocycles. The molecule has 4 heteroatoms. The number of benzene rings is 1. The molecule has 4 nitrogen and oxygen atoms in total. The van der Waals surface area contributed by atoms with Crippen LogP contribution in [0.3, 0.4) is 0 Å². The first-order valence-corrected chi connectivity index (χ1v) is 11.1. The summed E-state index contributed by atoms with van der Waals surface area (Å²) in [4.78, 5) is 0. The zero-order chi connectivity index (χ0) is 22.3. The fourth-order valence-corrected chi connectivity index (χ4v) is 4.54. The summed E-state index contributed by atoms with van der Waals surface area (Å²) in [5.41, 5.74) is 7.65. The Hall–Kier alpha value is -3.14. The van der Waals surface area contributed by atoms with Crippen molar-refractivity contribution in [3.8, 4) is 28.6 Å². The van der Waals surface area contributed by atoms with Gasteiger partial charge >= 0.3 is 5.82 Å². The van der Waals surface area contributed by atoms with Crippen LogP contribution < -0.4 is 9.13 Å². The number of pyridine rings is 1. The third-order valence-corrected chi connectivity index (χ3v) is 6.25. The van der Waals surface area contributed by atoms with Crippen LogP contribution in [0.25, 0.3) is 28.6 Å². The molecule has 3 heterocycles. The third kappa shape index (κ3) is 3.60. The monoisotopic (exact) mass is 414 g/mol. The van der Waals surface area contributed by atoms with Crippen molar-refractivity contribution in [2.45, 2.75) is 39.5 Å². The van der Waals surface area contributed by atoms with Gasteiger partial charge in [0.25, 0.3) is 5.69 Å². The van der Waals surface area contributed by atoms with Crippen molar-refractivity contribution in [1.29, 1.82) is 0 Å². The molecule has 0 bridgehead atoms. The first kappa shape index (κ1) is 21.1. The van der Waals surface area contributed by atoms with Crippen molar-refractivity contribution < 1.29 is 9.13 Å². The van der Waals surface area contributed by atoms with Crippen molar-refractivity contribution in [3.63, 3.8) is 0 Å². The van der Waals surface area contributed by atoms with Gasteiger partial charge in [0.2, 0.25) is 5.69 Å². The summed E-state index contributed by atoms with van der Waals surface area (Å²) in [7, 11) is 6.39. The average molecular weight is 415 g/mol. The highest BCUT2D eigenvalue weighted by Gasteiger charge is 2.31. The molecule has 0 spiro atoms. The van der Waals surface area contributed by atoms with Crippen LogP contribution in [0.4, 0.5) is 0 Å². The Kier molecular flexibility index (Phi) is 5.57. The van der Waals surface area contributed by atoms with Crippen molar-refractivity contribution in [2.75, 3.05) is 0 Å². The number of aryl methyl sites for hydroxylation is 2. The van der Waals surface area contributed by atoms with Crippen LogP contribution in [0.1, 0.15) is 50.7 Å². The Bertz CT molecular complexity index is 1200. The first-order chi connectivity index (χ1) is 14.8. The van der Waals surface area contributed by atoms with Gasteiger partial charge in [-0.3, -0.25) is 0 Å². The van der Waals surface area contributed by atoms with E-state index in [1.807, 2.05) is 0 Å². The molecule has 1 aromatic carbocycles. The maximum Gasteiger partial charge on any atom is 0.359 e. The van der Waals surface area contributed by atoms with E-state index in [-0.39, 0.29) is 0 Å². The van der Waals surface area contributed by atoms with Crippen molar-refractivity contribution >= 4 is 0 Å². The van der Waals surface area contributed by atoms with E-state index in [0.29, 0.717) is 11.8 Å². The Morgan fingerprint density at radius 1 is 0.742 bits per heavy atom. The largest absolute Gasteiger partial charge is 0.359 e. The van der Waals surface area contributed by atoms with Gasteiger partial charge in [-0.15, -0.1) is 0 Å². The van der Waals surface area contributed by atoms with Gasteiger partial charge in [0.1, 0.15) is 30.8 Å². The number of aromatic nitrogens is 4. The van der Waals surface area contributed by atoms with Gasteiger partial charge in [0.15, 0.2) is 0 Å². The van der Waals surface area contributed by atoms with Crippen LogP contribution in [-0.4, -0.2) is 9.13 Å². The molecule has 0 aliphatic rings. The fraction of sp³-hybridized carbons (Fsp3) is 0.333. The summed E-state index contributed by atoms with van der Waals surface area (Å²) >= 11 is 0. The van der Waals surface area contributed by atoms with Gasteiger partial charge in [-0.25, -0.2) is 4.57 Å². The minimum Gasteiger partial charge on any atom is -0.346 e. The SMILES string of the molecule is CC(C)c1cccc(C(C)C)c1-n1cc[n+](C)c1-c1cccc(-c2cccn2C)[n+]1C. The first-order valence-electron chi connectivity index (χ1n) is 11.1. The Morgan fingerprint density at radius 2 is 1.35 bits per heavy atom. The van der Waals surface area contributed by atoms with Crippen LogP contribution in [0.2, 0.25) is 0 Å². The van der Waals surface area contributed by atoms with Gasteiger partial charge in [-0.05, 0) is 30.0 Å². The van der Waals surface area contributed by atoms with Crippen LogP contribution in [-0.2, 0) is 21.1 Å². The Balaban J connectivity index is 2.00. The molecule has 0 fully saturated rings. The Labute approximate surface area is 186 Å². The van der Waals surface area contributed by atoms with Gasteiger partial charge in [-0.2, -0.15) is 9.13 Å². The van der Waals surface area contributed by atoms with Gasteiger partial charge in [-0.1, -0.05) is 45.9 Å². The second-order valence-corrected chi connectivity index (χ2v) is 9.06. The van der Waals surface area contributed by atoms with Gasteiger partial charge in [0.05, 0.1) is 7.05 Å². The standard InChI is InChI=1S/C27H34N4/c1-19(2)21-11-8-12-22(20(3)4)26(21)31-18-17-29(6)27(31)25-14-9-13-24(30(25)7)23-15-10-16-28(23)5/h8-20H,1-7H3/q+2.